The number of hydrogen-bond acceptors (Lipinski definition) is 3. The highest BCUT2D eigenvalue weighted by atomic mass is 16.2. The molecule has 6 nitrogen and oxygen atoms in total. The Bertz CT molecular complexity index is 1380. The van der Waals surface area contributed by atoms with Crippen molar-refractivity contribution < 1.29 is 9.59 Å². The van der Waals surface area contributed by atoms with Crippen molar-refractivity contribution in [1.29, 1.82) is 0 Å². The first-order valence-electron chi connectivity index (χ1n) is 10.5. The zero-order chi connectivity index (χ0) is 22.8. The number of nitrogens with one attached hydrogen (secondary N) is 2. The summed E-state index contributed by atoms with van der Waals surface area (Å²) in [7, 11) is 0. The lowest BCUT2D eigenvalue weighted by Gasteiger charge is -2.09. The quantitative estimate of drug-likeness (QED) is 0.508. The number of carbonyl (C=O) groups excluding carboxylic acids is 2. The molecule has 32 heavy (non-hydrogen) atoms. The van der Waals surface area contributed by atoms with Crippen LogP contribution in [-0.4, -0.2) is 21.4 Å². The number of hydrogen-bond donors (Lipinski definition) is 2. The molecule has 0 saturated heterocycles. The zero-order valence-corrected chi connectivity index (χ0v) is 18.4. The van der Waals surface area contributed by atoms with Crippen LogP contribution in [0.5, 0.6) is 0 Å². The van der Waals surface area contributed by atoms with Gasteiger partial charge in [-0.25, -0.2) is 0 Å². The molecule has 0 fully saturated rings. The van der Waals surface area contributed by atoms with Crippen molar-refractivity contribution in [3.8, 4) is 0 Å². The summed E-state index contributed by atoms with van der Waals surface area (Å²) in [6.45, 7) is 5.70. The van der Waals surface area contributed by atoms with Crippen LogP contribution in [0.1, 0.15) is 38.4 Å². The summed E-state index contributed by atoms with van der Waals surface area (Å²) in [6, 6.07) is 18.6. The number of rotatable bonds is 5. The number of H-pyrrole nitrogens is 1. The van der Waals surface area contributed by atoms with Crippen molar-refractivity contribution in [2.75, 3.05) is 0 Å². The van der Waals surface area contributed by atoms with Crippen LogP contribution < -0.4 is 10.9 Å². The second-order valence-corrected chi connectivity index (χ2v) is 7.98. The number of benzene rings is 2. The SMILES string of the molecule is Cc1cc(C)c(CNC(=O)Cc2c(C)n(C(=O)c3ccccc3)c3ccccc23)c(=O)[nH]1. The summed E-state index contributed by atoms with van der Waals surface area (Å²) < 4.78 is 1.67. The Balaban J connectivity index is 1.63. The van der Waals surface area contributed by atoms with Gasteiger partial charge in [-0.15, -0.1) is 0 Å². The molecule has 2 aromatic carbocycles. The van der Waals surface area contributed by atoms with E-state index in [0.717, 1.165) is 33.4 Å². The van der Waals surface area contributed by atoms with E-state index < -0.39 is 0 Å². The fraction of sp³-hybridized carbons (Fsp3) is 0.192. The molecule has 0 spiro atoms. The van der Waals surface area contributed by atoms with E-state index in [2.05, 4.69) is 10.3 Å². The first kappa shape index (κ1) is 21.3. The summed E-state index contributed by atoms with van der Waals surface area (Å²) in [5, 5.41) is 3.73. The van der Waals surface area contributed by atoms with E-state index >= 15 is 0 Å². The molecular formula is C26H25N3O3. The van der Waals surface area contributed by atoms with Crippen LogP contribution in [0.3, 0.4) is 0 Å². The first-order chi connectivity index (χ1) is 15.4. The average molecular weight is 428 g/mol. The third-order valence-corrected chi connectivity index (χ3v) is 5.76. The van der Waals surface area contributed by atoms with Gasteiger partial charge < -0.3 is 10.3 Å². The van der Waals surface area contributed by atoms with Crippen molar-refractivity contribution in [1.82, 2.24) is 14.9 Å². The Morgan fingerprint density at radius 2 is 1.62 bits per heavy atom. The second-order valence-electron chi connectivity index (χ2n) is 7.98. The van der Waals surface area contributed by atoms with Crippen LogP contribution >= 0.6 is 0 Å². The molecule has 6 heteroatoms. The monoisotopic (exact) mass is 427 g/mol. The third kappa shape index (κ3) is 3.99. The lowest BCUT2D eigenvalue weighted by Crippen LogP contribution is -2.29. The van der Waals surface area contributed by atoms with Crippen LogP contribution in [0.25, 0.3) is 10.9 Å². The smallest absolute Gasteiger partial charge is 0.262 e. The molecule has 0 atom stereocenters. The molecule has 4 aromatic rings. The maximum absolute atomic E-state index is 13.2. The second kappa shape index (κ2) is 8.67. The molecule has 0 unspecified atom stereocenters. The van der Waals surface area contributed by atoms with Crippen molar-refractivity contribution in [2.45, 2.75) is 33.7 Å². The number of para-hydroxylation sites is 1. The van der Waals surface area contributed by atoms with Gasteiger partial charge in [0.05, 0.1) is 11.9 Å². The van der Waals surface area contributed by atoms with Gasteiger partial charge in [0.25, 0.3) is 11.5 Å². The first-order valence-corrected chi connectivity index (χ1v) is 10.5. The molecule has 1 amide bonds. The minimum atomic E-state index is -0.206. The minimum absolute atomic E-state index is 0.115. The van der Waals surface area contributed by atoms with Crippen LogP contribution in [0.2, 0.25) is 0 Å². The van der Waals surface area contributed by atoms with Crippen molar-refractivity contribution in [2.24, 2.45) is 0 Å². The highest BCUT2D eigenvalue weighted by molar-refractivity contribution is 6.04. The maximum Gasteiger partial charge on any atom is 0.262 e. The van der Waals surface area contributed by atoms with E-state index in [-0.39, 0.29) is 30.3 Å². The van der Waals surface area contributed by atoms with E-state index in [4.69, 9.17) is 0 Å². The van der Waals surface area contributed by atoms with Crippen molar-refractivity contribution in [3.05, 3.63) is 105 Å². The Morgan fingerprint density at radius 3 is 2.34 bits per heavy atom. The van der Waals surface area contributed by atoms with Gasteiger partial charge in [-0.1, -0.05) is 36.4 Å². The van der Waals surface area contributed by atoms with Crippen LogP contribution in [0.4, 0.5) is 0 Å². The van der Waals surface area contributed by atoms with Gasteiger partial charge >= 0.3 is 0 Å². The molecule has 0 saturated carbocycles. The standard InChI is InChI=1S/C26H25N3O3/c1-16-13-17(2)28-25(31)22(16)15-27-24(30)14-21-18(3)29(23-12-8-7-11-20(21)23)26(32)19-9-5-4-6-10-19/h4-13H,14-15H2,1-3H3,(H,27,30)(H,28,31). The largest absolute Gasteiger partial charge is 0.352 e. The van der Waals surface area contributed by atoms with Gasteiger partial charge in [-0.2, -0.15) is 0 Å². The molecule has 0 bridgehead atoms. The lowest BCUT2D eigenvalue weighted by molar-refractivity contribution is -0.120. The minimum Gasteiger partial charge on any atom is -0.352 e. The average Bonchev–Trinajstić information content (AvgIpc) is 3.04. The van der Waals surface area contributed by atoms with E-state index in [0.29, 0.717) is 11.1 Å². The molecule has 0 aliphatic heterocycles. The maximum atomic E-state index is 13.2. The Kier molecular flexibility index (Phi) is 5.77. The normalized spacial score (nSPS) is 11.0. The number of pyridine rings is 1. The number of aromatic nitrogens is 2. The molecule has 162 valence electrons. The van der Waals surface area contributed by atoms with E-state index in [1.807, 2.05) is 69.3 Å². The summed E-state index contributed by atoms with van der Waals surface area (Å²) in [5.74, 6) is -0.338. The van der Waals surface area contributed by atoms with Gasteiger partial charge in [0.15, 0.2) is 0 Å². The molecule has 4 rings (SSSR count). The molecule has 2 aromatic heterocycles. The van der Waals surface area contributed by atoms with Crippen molar-refractivity contribution in [3.63, 3.8) is 0 Å². The number of fused-ring (bicyclic) bond motifs is 1. The summed E-state index contributed by atoms with van der Waals surface area (Å²) in [5.41, 5.74) is 4.87. The third-order valence-electron chi connectivity index (χ3n) is 5.76. The number of carbonyl (C=O) groups is 2. The molecule has 0 aliphatic rings. The number of amides is 1. The highest BCUT2D eigenvalue weighted by Crippen LogP contribution is 2.27. The van der Waals surface area contributed by atoms with Gasteiger partial charge in [0.1, 0.15) is 0 Å². The Hall–Kier alpha value is -3.93. The fourth-order valence-corrected chi connectivity index (χ4v) is 4.14. The summed E-state index contributed by atoms with van der Waals surface area (Å²) in [4.78, 5) is 41.0. The zero-order valence-electron chi connectivity index (χ0n) is 18.4. The van der Waals surface area contributed by atoms with E-state index in [9.17, 15) is 14.4 Å². The topological polar surface area (TPSA) is 84.0 Å². The molecular weight excluding hydrogens is 402 g/mol. The molecule has 0 radical (unpaired) electrons. The molecule has 0 aliphatic carbocycles. The number of aromatic amines is 1. The van der Waals surface area contributed by atoms with Gasteiger partial charge in [0, 0.05) is 34.4 Å². The van der Waals surface area contributed by atoms with E-state index in [1.54, 1.807) is 16.7 Å². The summed E-state index contributed by atoms with van der Waals surface area (Å²) in [6.07, 6.45) is 0.115. The molecule has 2 heterocycles. The van der Waals surface area contributed by atoms with Gasteiger partial charge in [0.2, 0.25) is 5.91 Å². The Morgan fingerprint density at radius 1 is 0.938 bits per heavy atom. The predicted molar refractivity (Wildman–Crippen MR) is 125 cm³/mol. The lowest BCUT2D eigenvalue weighted by atomic mass is 10.1. The van der Waals surface area contributed by atoms with Crippen LogP contribution in [0, 0.1) is 20.8 Å². The fourth-order valence-electron chi connectivity index (χ4n) is 4.14. The van der Waals surface area contributed by atoms with Gasteiger partial charge in [-0.3, -0.25) is 19.0 Å². The van der Waals surface area contributed by atoms with Crippen LogP contribution in [0.15, 0.2) is 65.5 Å². The Labute approximate surface area is 185 Å². The van der Waals surface area contributed by atoms with E-state index in [1.165, 1.54) is 0 Å². The van der Waals surface area contributed by atoms with Gasteiger partial charge in [-0.05, 0) is 56.2 Å². The van der Waals surface area contributed by atoms with Crippen molar-refractivity contribution >= 4 is 22.7 Å². The molecule has 2 N–H and O–H groups in total. The predicted octanol–water partition coefficient (Wildman–Crippen LogP) is 3.80. The number of aryl methyl sites for hydroxylation is 2. The summed E-state index contributed by atoms with van der Waals surface area (Å²) >= 11 is 0. The highest BCUT2D eigenvalue weighted by Gasteiger charge is 2.21. The number of nitrogens with zero attached hydrogens (tertiary/aromatic N) is 1. The van der Waals surface area contributed by atoms with Crippen LogP contribution in [-0.2, 0) is 17.8 Å².